The first-order valence-electron chi connectivity index (χ1n) is 8.29. The molecule has 7 nitrogen and oxygen atoms in total. The SMILES string of the molecule is Cl.O=c1cc(NCc2ccc3c(c2)OCO3)[nH]c(=O)n1Cc1ccc(F)cc1. The molecule has 2 aromatic carbocycles. The molecule has 1 aliphatic rings. The highest BCUT2D eigenvalue weighted by Gasteiger charge is 2.13. The largest absolute Gasteiger partial charge is 0.454 e. The van der Waals surface area contributed by atoms with E-state index in [2.05, 4.69) is 10.3 Å². The Balaban J connectivity index is 0.00000225. The number of hydrogen-bond donors (Lipinski definition) is 2. The van der Waals surface area contributed by atoms with Crippen molar-refractivity contribution in [3.8, 4) is 11.5 Å². The Morgan fingerprint density at radius 2 is 1.71 bits per heavy atom. The van der Waals surface area contributed by atoms with Crippen molar-refractivity contribution in [1.82, 2.24) is 9.55 Å². The molecule has 0 bridgehead atoms. The van der Waals surface area contributed by atoms with Crippen molar-refractivity contribution in [2.75, 3.05) is 12.1 Å². The second-order valence-electron chi connectivity index (χ2n) is 6.08. The van der Waals surface area contributed by atoms with E-state index in [4.69, 9.17) is 9.47 Å². The summed E-state index contributed by atoms with van der Waals surface area (Å²) in [6, 6.07) is 12.5. The van der Waals surface area contributed by atoms with E-state index in [9.17, 15) is 14.0 Å². The number of rotatable bonds is 5. The Labute approximate surface area is 165 Å². The third-order valence-electron chi connectivity index (χ3n) is 4.19. The van der Waals surface area contributed by atoms with Crippen molar-refractivity contribution < 1.29 is 13.9 Å². The number of ether oxygens (including phenoxy) is 2. The van der Waals surface area contributed by atoms with Gasteiger partial charge in [-0.05, 0) is 35.4 Å². The molecule has 0 fully saturated rings. The van der Waals surface area contributed by atoms with Gasteiger partial charge in [-0.15, -0.1) is 12.4 Å². The molecule has 1 aliphatic heterocycles. The summed E-state index contributed by atoms with van der Waals surface area (Å²) in [4.78, 5) is 27.2. The predicted molar refractivity (Wildman–Crippen MR) is 104 cm³/mol. The van der Waals surface area contributed by atoms with Crippen LogP contribution in [0, 0.1) is 5.82 Å². The number of benzene rings is 2. The van der Waals surface area contributed by atoms with Gasteiger partial charge >= 0.3 is 5.69 Å². The van der Waals surface area contributed by atoms with Crippen LogP contribution in [0.3, 0.4) is 0 Å². The lowest BCUT2D eigenvalue weighted by Gasteiger charge is -2.09. The first kappa shape index (κ1) is 19.5. The van der Waals surface area contributed by atoms with Gasteiger partial charge in [-0.25, -0.2) is 9.18 Å². The quantitative estimate of drug-likeness (QED) is 0.681. The van der Waals surface area contributed by atoms with E-state index in [-0.39, 0.29) is 31.6 Å². The van der Waals surface area contributed by atoms with Crippen LogP contribution in [0.2, 0.25) is 0 Å². The number of nitrogens with one attached hydrogen (secondary N) is 2. The van der Waals surface area contributed by atoms with Crippen molar-refractivity contribution in [2.45, 2.75) is 13.1 Å². The summed E-state index contributed by atoms with van der Waals surface area (Å²) in [5.41, 5.74) is 0.580. The molecule has 0 saturated carbocycles. The van der Waals surface area contributed by atoms with E-state index >= 15 is 0 Å². The molecule has 0 radical (unpaired) electrons. The lowest BCUT2D eigenvalue weighted by Crippen LogP contribution is -2.35. The van der Waals surface area contributed by atoms with Gasteiger partial charge < -0.3 is 14.8 Å². The number of aromatic amines is 1. The molecule has 28 heavy (non-hydrogen) atoms. The minimum Gasteiger partial charge on any atom is -0.454 e. The van der Waals surface area contributed by atoms with E-state index in [1.165, 1.54) is 30.3 Å². The maximum absolute atomic E-state index is 13.0. The number of fused-ring (bicyclic) bond motifs is 1. The summed E-state index contributed by atoms with van der Waals surface area (Å²) in [6.45, 7) is 0.663. The van der Waals surface area contributed by atoms with E-state index < -0.39 is 11.2 Å². The monoisotopic (exact) mass is 405 g/mol. The molecule has 2 N–H and O–H groups in total. The molecule has 1 aromatic heterocycles. The Kier molecular flexibility index (Phi) is 5.70. The zero-order valence-electron chi connectivity index (χ0n) is 14.6. The van der Waals surface area contributed by atoms with Crippen LogP contribution in [-0.4, -0.2) is 16.3 Å². The fraction of sp³-hybridized carbons (Fsp3) is 0.158. The van der Waals surface area contributed by atoms with Gasteiger partial charge in [-0.3, -0.25) is 14.3 Å². The van der Waals surface area contributed by atoms with Crippen molar-refractivity contribution >= 4 is 18.2 Å². The van der Waals surface area contributed by atoms with Crippen LogP contribution in [0.4, 0.5) is 10.2 Å². The molecule has 3 aromatic rings. The number of nitrogens with zero attached hydrogens (tertiary/aromatic N) is 1. The van der Waals surface area contributed by atoms with Crippen molar-refractivity contribution in [1.29, 1.82) is 0 Å². The van der Waals surface area contributed by atoms with Gasteiger partial charge in [-0.1, -0.05) is 18.2 Å². The zero-order chi connectivity index (χ0) is 18.8. The molecule has 4 rings (SSSR count). The minimum atomic E-state index is -0.542. The van der Waals surface area contributed by atoms with Crippen molar-refractivity contribution in [3.05, 3.63) is 86.3 Å². The van der Waals surface area contributed by atoms with Crippen molar-refractivity contribution in [3.63, 3.8) is 0 Å². The molecule has 146 valence electrons. The van der Waals surface area contributed by atoms with E-state index in [0.717, 1.165) is 10.1 Å². The van der Waals surface area contributed by atoms with Gasteiger partial charge in [0.05, 0.1) is 6.54 Å². The summed E-state index contributed by atoms with van der Waals surface area (Å²) in [7, 11) is 0. The topological polar surface area (TPSA) is 85.3 Å². The van der Waals surface area contributed by atoms with E-state index in [1.807, 2.05) is 18.2 Å². The Morgan fingerprint density at radius 3 is 2.46 bits per heavy atom. The highest BCUT2D eigenvalue weighted by atomic mass is 35.5. The van der Waals surface area contributed by atoms with Gasteiger partial charge in [0.1, 0.15) is 11.6 Å². The zero-order valence-corrected chi connectivity index (χ0v) is 15.4. The van der Waals surface area contributed by atoms with Gasteiger partial charge in [0, 0.05) is 12.6 Å². The van der Waals surface area contributed by atoms with Crippen LogP contribution in [0.5, 0.6) is 11.5 Å². The third-order valence-corrected chi connectivity index (χ3v) is 4.19. The van der Waals surface area contributed by atoms with Gasteiger partial charge in [-0.2, -0.15) is 0 Å². The van der Waals surface area contributed by atoms with Crippen LogP contribution >= 0.6 is 12.4 Å². The van der Waals surface area contributed by atoms with E-state index in [0.29, 0.717) is 29.4 Å². The average Bonchev–Trinajstić information content (AvgIpc) is 3.12. The summed E-state index contributed by atoms with van der Waals surface area (Å²) in [6.07, 6.45) is 0. The maximum Gasteiger partial charge on any atom is 0.330 e. The van der Waals surface area contributed by atoms with Gasteiger partial charge in [0.15, 0.2) is 11.5 Å². The number of anilines is 1. The highest BCUT2D eigenvalue weighted by molar-refractivity contribution is 5.85. The minimum absolute atomic E-state index is 0. The van der Waals surface area contributed by atoms with Crippen molar-refractivity contribution in [2.24, 2.45) is 0 Å². The fourth-order valence-corrected chi connectivity index (χ4v) is 2.79. The molecule has 0 aliphatic carbocycles. The summed E-state index contributed by atoms with van der Waals surface area (Å²) >= 11 is 0. The summed E-state index contributed by atoms with van der Waals surface area (Å²) in [5.74, 6) is 1.30. The van der Waals surface area contributed by atoms with Gasteiger partial charge in [0.2, 0.25) is 6.79 Å². The lowest BCUT2D eigenvalue weighted by molar-refractivity contribution is 0.174. The Morgan fingerprint density at radius 1 is 1.00 bits per heavy atom. The van der Waals surface area contributed by atoms with Crippen LogP contribution in [-0.2, 0) is 13.1 Å². The smallest absolute Gasteiger partial charge is 0.330 e. The van der Waals surface area contributed by atoms with E-state index in [1.54, 1.807) is 0 Å². The van der Waals surface area contributed by atoms with Crippen LogP contribution in [0.15, 0.2) is 58.1 Å². The third kappa shape index (κ3) is 4.17. The second kappa shape index (κ2) is 8.18. The molecule has 9 heteroatoms. The number of aromatic nitrogens is 2. The molecular formula is C19H17ClFN3O4. The average molecular weight is 406 g/mol. The molecule has 2 heterocycles. The molecule has 0 unspecified atom stereocenters. The summed E-state index contributed by atoms with van der Waals surface area (Å²) in [5, 5.41) is 3.02. The fourth-order valence-electron chi connectivity index (χ4n) is 2.79. The lowest BCUT2D eigenvalue weighted by atomic mass is 10.2. The van der Waals surface area contributed by atoms with Crippen LogP contribution in [0.1, 0.15) is 11.1 Å². The normalized spacial score (nSPS) is 11.8. The summed E-state index contributed by atoms with van der Waals surface area (Å²) < 4.78 is 24.6. The first-order chi connectivity index (χ1) is 13.1. The Hall–Kier alpha value is -3.26. The molecule has 0 atom stereocenters. The van der Waals surface area contributed by atoms with Gasteiger partial charge in [0.25, 0.3) is 5.56 Å². The molecular weight excluding hydrogens is 389 g/mol. The molecule has 0 saturated heterocycles. The standard InChI is InChI=1S/C19H16FN3O4.ClH/c20-14-4-1-12(2-5-14)10-23-18(24)8-17(22-19(23)25)21-9-13-3-6-15-16(7-13)27-11-26-15;/h1-8,21H,9-11H2,(H,22,25);1H. The van der Waals surface area contributed by atoms with Crippen LogP contribution in [0.25, 0.3) is 0 Å². The first-order valence-corrected chi connectivity index (χ1v) is 8.29. The number of hydrogen-bond acceptors (Lipinski definition) is 5. The Bertz CT molecular complexity index is 1060. The molecule has 0 amide bonds. The number of H-pyrrole nitrogens is 1. The molecule has 0 spiro atoms. The maximum atomic E-state index is 13.0. The van der Waals surface area contributed by atoms with Crippen LogP contribution < -0.4 is 26.0 Å². The highest BCUT2D eigenvalue weighted by Crippen LogP contribution is 2.32. The predicted octanol–water partition coefficient (Wildman–Crippen LogP) is 2.49. The number of halogens is 2. The second-order valence-corrected chi connectivity index (χ2v) is 6.08.